The topological polar surface area (TPSA) is 35.9 Å². The maximum atomic E-state index is 8.61. The van der Waals surface area contributed by atoms with Crippen LogP contribution in [-0.4, -0.2) is 14.1 Å². The Balaban J connectivity index is 0.00000624. The van der Waals surface area contributed by atoms with Gasteiger partial charge in [0.25, 0.3) is 6.33 Å². The maximum Gasteiger partial charge on any atom is 0.268 e. The summed E-state index contributed by atoms with van der Waals surface area (Å²) in [4.78, 5) is 4.70. The van der Waals surface area contributed by atoms with E-state index in [1.165, 1.54) is 23.4 Å². The summed E-state index contributed by atoms with van der Waals surface area (Å²) in [6.07, 6.45) is 5.00. The molecule has 5 nitrogen and oxygen atoms in total. The molecule has 0 aliphatic heterocycles. The van der Waals surface area contributed by atoms with Gasteiger partial charge in [0.15, 0.2) is 0 Å². The molecule has 0 saturated heterocycles. The number of hydrogen-bond donors (Lipinski definition) is 0. The van der Waals surface area contributed by atoms with E-state index >= 15 is 0 Å². The normalized spacial score (nSPS) is 13.9. The molecule has 0 aliphatic carbocycles. The molecule has 0 aliphatic rings. The van der Waals surface area contributed by atoms with Crippen LogP contribution in [0.5, 0.6) is 11.5 Å². The minimum Gasteiger partial charge on any atom is -0.510 e. The fourth-order valence-corrected chi connectivity index (χ4v) is 8.25. The van der Waals surface area contributed by atoms with Gasteiger partial charge in [-0.1, -0.05) is 162 Å². The third kappa shape index (κ3) is 7.70. The van der Waals surface area contributed by atoms with E-state index < -0.39 is 37.1 Å². The number of rotatable bonds is 7. The van der Waals surface area contributed by atoms with Crippen molar-refractivity contribution in [1.29, 1.82) is 0 Å². The van der Waals surface area contributed by atoms with E-state index in [2.05, 4.69) is 119 Å². The number of pyridine rings is 1. The summed E-state index contributed by atoms with van der Waals surface area (Å²) in [6, 6.07) is 46.3. The smallest absolute Gasteiger partial charge is 0.268 e. The zero-order chi connectivity index (χ0) is 49.6. The number of aryl methyl sites for hydroxylation is 1. The Bertz CT molecular complexity index is 3700. The molecule has 0 spiro atoms. The number of imidazole rings is 1. The van der Waals surface area contributed by atoms with Crippen LogP contribution >= 0.6 is 0 Å². The molecule has 0 N–H and O–H groups in total. The SMILES string of the molecule is [2H]c1c([2H])c([2H])c(-c2cnc(-n3c4[c-]c(Oc5[c-]c(-n6[c-][n+](-c7c(-c8cccc(C(C)(C)C)c8)cccc7C(C)(C)C)c7ccccc76)ccc5)ccc4c4ccccc43)cc2C([2H])([2H])[2H])c([2H])c1[2H].[Pt]. The Morgan fingerprint density at radius 1 is 0.667 bits per heavy atom. The third-order valence-electron chi connectivity index (χ3n) is 11.3. The molecular formula is C57H48N4OPt-2. The van der Waals surface area contributed by atoms with Crippen LogP contribution < -0.4 is 9.30 Å². The van der Waals surface area contributed by atoms with Gasteiger partial charge in [0, 0.05) is 54.0 Å². The Morgan fingerprint density at radius 2 is 1.41 bits per heavy atom. The van der Waals surface area contributed by atoms with Gasteiger partial charge in [0.2, 0.25) is 0 Å². The predicted molar refractivity (Wildman–Crippen MR) is 253 cm³/mol. The average molecular weight is 1010 g/mol. The van der Waals surface area contributed by atoms with Crippen LogP contribution in [0.4, 0.5) is 0 Å². The van der Waals surface area contributed by atoms with Crippen molar-refractivity contribution in [3.8, 4) is 50.9 Å². The van der Waals surface area contributed by atoms with Crippen LogP contribution in [0.1, 0.15) is 69.2 Å². The number of fused-ring (bicyclic) bond motifs is 4. The average Bonchev–Trinajstić information content (AvgIpc) is 3.88. The standard InChI is InChI=1S/C57H48N4O.Pt/c1-38-32-54(58-36-48(38)39-18-9-8-10-19-39)61-50-27-12-11-24-46(50)47-31-30-44(35-53(47)61)62-43-23-16-22-42(34-43)59-37-60(52-29-14-13-28-51(52)59)55-45(25-17-26-49(55)57(5,6)7)40-20-15-21-41(33-40)56(2,3)4;/h8-33,36H,1-7H3;/q-2;/i1D3,8D,9D,10D,18D,19D;. The molecule has 0 atom stereocenters. The summed E-state index contributed by atoms with van der Waals surface area (Å²) in [5.41, 5.74) is 8.81. The molecule has 7 aromatic carbocycles. The van der Waals surface area contributed by atoms with Crippen molar-refractivity contribution in [3.05, 3.63) is 199 Å². The van der Waals surface area contributed by atoms with E-state index in [4.69, 9.17) is 20.7 Å². The first-order valence-corrected chi connectivity index (χ1v) is 20.6. The van der Waals surface area contributed by atoms with Crippen molar-refractivity contribution < 1.29 is 41.3 Å². The minimum atomic E-state index is -2.74. The number of para-hydroxylation sites is 4. The summed E-state index contributed by atoms with van der Waals surface area (Å²) in [6.45, 7) is 10.7. The van der Waals surface area contributed by atoms with E-state index in [1.807, 2.05) is 71.3 Å². The van der Waals surface area contributed by atoms with E-state index in [-0.39, 0.29) is 54.4 Å². The number of aromatic nitrogens is 4. The van der Waals surface area contributed by atoms with Gasteiger partial charge in [-0.25, -0.2) is 4.98 Å². The second-order valence-electron chi connectivity index (χ2n) is 17.6. The monoisotopic (exact) mass is 1010 g/mol. The summed E-state index contributed by atoms with van der Waals surface area (Å²) in [5.74, 6) is 1.03. The molecule has 10 rings (SSSR count). The van der Waals surface area contributed by atoms with Gasteiger partial charge in [-0.15, -0.1) is 29.7 Å². The Morgan fingerprint density at radius 3 is 2.21 bits per heavy atom. The molecule has 0 amide bonds. The predicted octanol–water partition coefficient (Wildman–Crippen LogP) is 13.8. The third-order valence-corrected chi connectivity index (χ3v) is 11.3. The molecule has 0 bridgehead atoms. The van der Waals surface area contributed by atoms with Crippen LogP contribution in [0.15, 0.2) is 164 Å². The Labute approximate surface area is 395 Å². The number of nitrogens with zero attached hydrogens (tertiary/aromatic N) is 4. The molecule has 0 radical (unpaired) electrons. The molecule has 3 heterocycles. The molecule has 314 valence electrons. The number of hydrogen-bond acceptors (Lipinski definition) is 2. The van der Waals surface area contributed by atoms with Crippen molar-refractivity contribution in [2.24, 2.45) is 0 Å². The van der Waals surface area contributed by atoms with Crippen molar-refractivity contribution >= 4 is 32.8 Å². The van der Waals surface area contributed by atoms with Gasteiger partial charge in [-0.05, 0) is 74.3 Å². The fraction of sp³-hybridized carbons (Fsp3) is 0.158. The molecule has 0 fully saturated rings. The summed E-state index contributed by atoms with van der Waals surface area (Å²) < 4.78 is 80.0. The van der Waals surface area contributed by atoms with Crippen LogP contribution in [0.2, 0.25) is 0 Å². The van der Waals surface area contributed by atoms with E-state index in [0.717, 1.165) is 44.1 Å². The van der Waals surface area contributed by atoms with Gasteiger partial charge in [-0.3, -0.25) is 4.57 Å². The second-order valence-corrected chi connectivity index (χ2v) is 17.6. The quantitative estimate of drug-likeness (QED) is 0.118. The summed E-state index contributed by atoms with van der Waals surface area (Å²) in [7, 11) is 0. The van der Waals surface area contributed by atoms with E-state index in [1.54, 1.807) is 4.57 Å². The first-order chi connectivity index (χ1) is 33.2. The Kier molecular flexibility index (Phi) is 8.55. The molecule has 3 aromatic heterocycles. The molecule has 63 heavy (non-hydrogen) atoms. The minimum absolute atomic E-state index is 0. The van der Waals surface area contributed by atoms with Crippen LogP contribution in [0, 0.1) is 25.3 Å². The Hall–Kier alpha value is -6.55. The molecule has 0 saturated carbocycles. The second kappa shape index (κ2) is 16.3. The van der Waals surface area contributed by atoms with Crippen molar-refractivity contribution in [3.63, 3.8) is 0 Å². The van der Waals surface area contributed by atoms with Crippen molar-refractivity contribution in [2.45, 2.75) is 59.2 Å². The van der Waals surface area contributed by atoms with Crippen LogP contribution in [0.25, 0.3) is 72.3 Å². The summed E-state index contributed by atoms with van der Waals surface area (Å²) in [5, 5.41) is 1.67. The van der Waals surface area contributed by atoms with Gasteiger partial charge in [0.05, 0.1) is 23.6 Å². The van der Waals surface area contributed by atoms with E-state index in [0.29, 0.717) is 22.7 Å². The maximum absolute atomic E-state index is 8.61. The molecule has 6 heteroatoms. The number of ether oxygens (including phenoxy) is 1. The largest absolute Gasteiger partial charge is 0.510 e. The zero-order valence-corrected chi connectivity index (χ0v) is 38.0. The molecule has 10 aromatic rings. The van der Waals surface area contributed by atoms with Crippen molar-refractivity contribution in [1.82, 2.24) is 14.1 Å². The van der Waals surface area contributed by atoms with E-state index in [9.17, 15) is 0 Å². The molecular weight excluding hydrogens is 952 g/mol. The summed E-state index contributed by atoms with van der Waals surface area (Å²) >= 11 is 0. The molecule has 0 unspecified atom stereocenters. The van der Waals surface area contributed by atoms with Crippen molar-refractivity contribution in [2.75, 3.05) is 0 Å². The first-order valence-electron chi connectivity index (χ1n) is 24.6. The zero-order valence-electron chi connectivity index (χ0n) is 43.7. The van der Waals surface area contributed by atoms with Gasteiger partial charge in [0.1, 0.15) is 5.82 Å². The fourth-order valence-electron chi connectivity index (χ4n) is 8.25. The van der Waals surface area contributed by atoms with Gasteiger partial charge in [-0.2, -0.15) is 18.2 Å². The number of benzene rings is 7. The van der Waals surface area contributed by atoms with Crippen LogP contribution in [0.3, 0.4) is 0 Å². The van der Waals surface area contributed by atoms with Gasteiger partial charge >= 0.3 is 0 Å². The first kappa shape index (κ1) is 33.1. The van der Waals surface area contributed by atoms with Gasteiger partial charge < -0.3 is 13.9 Å². The van der Waals surface area contributed by atoms with Crippen LogP contribution in [-0.2, 0) is 31.9 Å².